The Morgan fingerprint density at radius 2 is 1.27 bits per heavy atom. The minimum absolute atomic E-state index is 0.378. The number of phenols is 1. The molecule has 0 bridgehead atoms. The number of unbranched alkanes of at least 4 members (excludes halogenated alkanes) is 11. The molecule has 0 aliphatic rings. The zero-order valence-electron chi connectivity index (χ0n) is 17.6. The van der Waals surface area contributed by atoms with E-state index >= 15 is 0 Å². The summed E-state index contributed by atoms with van der Waals surface area (Å²) in [6.07, 6.45) is 17.9. The predicted molar refractivity (Wildman–Crippen MR) is 113 cm³/mol. The molecule has 2 heteroatoms. The number of ether oxygens (including phenoxy) is 1. The molecular weight excluding hydrogens is 320 g/mol. The van der Waals surface area contributed by atoms with Gasteiger partial charge in [-0.05, 0) is 43.9 Å². The van der Waals surface area contributed by atoms with Crippen molar-refractivity contribution in [3.63, 3.8) is 0 Å². The zero-order valence-corrected chi connectivity index (χ0v) is 17.6. The molecule has 0 saturated heterocycles. The minimum Gasteiger partial charge on any atom is -0.508 e. The molecule has 26 heavy (non-hydrogen) atoms. The van der Waals surface area contributed by atoms with Gasteiger partial charge in [0.1, 0.15) is 11.5 Å². The average molecular weight is 363 g/mol. The summed E-state index contributed by atoms with van der Waals surface area (Å²) in [5, 5.41) is 10.2. The van der Waals surface area contributed by atoms with Crippen molar-refractivity contribution in [3.05, 3.63) is 23.3 Å². The van der Waals surface area contributed by atoms with Gasteiger partial charge in [0, 0.05) is 5.56 Å². The topological polar surface area (TPSA) is 29.5 Å². The molecule has 0 saturated carbocycles. The molecule has 2 nitrogen and oxygen atoms in total. The first-order valence-corrected chi connectivity index (χ1v) is 11.1. The van der Waals surface area contributed by atoms with Crippen LogP contribution in [-0.2, 0) is 6.42 Å². The van der Waals surface area contributed by atoms with Gasteiger partial charge in [-0.1, -0.05) is 84.5 Å². The van der Waals surface area contributed by atoms with Crippen molar-refractivity contribution >= 4 is 0 Å². The van der Waals surface area contributed by atoms with E-state index in [9.17, 15) is 5.11 Å². The fourth-order valence-electron chi connectivity index (χ4n) is 3.37. The van der Waals surface area contributed by atoms with Crippen molar-refractivity contribution < 1.29 is 9.84 Å². The van der Waals surface area contributed by atoms with Crippen LogP contribution in [0.3, 0.4) is 0 Å². The summed E-state index contributed by atoms with van der Waals surface area (Å²) in [4.78, 5) is 0. The Labute approximate surface area is 162 Å². The highest BCUT2D eigenvalue weighted by atomic mass is 16.5. The van der Waals surface area contributed by atoms with Gasteiger partial charge >= 0.3 is 0 Å². The Bertz CT molecular complexity index is 468. The molecule has 0 aliphatic carbocycles. The monoisotopic (exact) mass is 362 g/mol. The van der Waals surface area contributed by atoms with E-state index < -0.39 is 0 Å². The number of hydrogen-bond donors (Lipinski definition) is 1. The molecule has 0 amide bonds. The molecule has 150 valence electrons. The Kier molecular flexibility index (Phi) is 13.1. The van der Waals surface area contributed by atoms with Gasteiger partial charge in [0.15, 0.2) is 0 Å². The van der Waals surface area contributed by atoms with Crippen molar-refractivity contribution in [1.29, 1.82) is 0 Å². The second-order valence-corrected chi connectivity index (χ2v) is 7.73. The molecule has 0 aliphatic heterocycles. The quantitative estimate of drug-likeness (QED) is 0.305. The van der Waals surface area contributed by atoms with Crippen molar-refractivity contribution in [2.75, 3.05) is 6.61 Å². The third kappa shape index (κ3) is 10.1. The van der Waals surface area contributed by atoms with Gasteiger partial charge in [0.25, 0.3) is 0 Å². The second-order valence-electron chi connectivity index (χ2n) is 7.73. The van der Waals surface area contributed by atoms with Crippen LogP contribution in [-0.4, -0.2) is 11.7 Å². The summed E-state index contributed by atoms with van der Waals surface area (Å²) in [5.41, 5.74) is 2.08. The van der Waals surface area contributed by atoms with Gasteiger partial charge in [-0.3, -0.25) is 0 Å². The van der Waals surface area contributed by atoms with Crippen LogP contribution in [0.4, 0.5) is 0 Å². The van der Waals surface area contributed by atoms with Crippen LogP contribution in [0.25, 0.3) is 0 Å². The first kappa shape index (κ1) is 22.9. The Balaban J connectivity index is 2.31. The Morgan fingerprint density at radius 1 is 0.731 bits per heavy atom. The normalized spacial score (nSPS) is 11.0. The Morgan fingerprint density at radius 3 is 1.88 bits per heavy atom. The maximum atomic E-state index is 10.2. The number of aryl methyl sites for hydroxylation is 1. The molecule has 0 spiro atoms. The maximum Gasteiger partial charge on any atom is 0.126 e. The molecule has 0 heterocycles. The molecular formula is C24H42O2. The molecule has 0 unspecified atom stereocenters. The lowest BCUT2D eigenvalue weighted by molar-refractivity contribution is 0.300. The summed E-state index contributed by atoms with van der Waals surface area (Å²) in [7, 11) is 0. The van der Waals surface area contributed by atoms with E-state index in [4.69, 9.17) is 4.74 Å². The smallest absolute Gasteiger partial charge is 0.126 e. The minimum atomic E-state index is 0.378. The van der Waals surface area contributed by atoms with Crippen LogP contribution in [0.1, 0.15) is 108 Å². The van der Waals surface area contributed by atoms with E-state index in [-0.39, 0.29) is 0 Å². The van der Waals surface area contributed by atoms with Crippen molar-refractivity contribution in [2.45, 2.75) is 111 Å². The van der Waals surface area contributed by atoms with E-state index in [1.165, 1.54) is 82.6 Å². The number of hydrogen-bond acceptors (Lipinski definition) is 2. The lowest BCUT2D eigenvalue weighted by Crippen LogP contribution is -2.00. The van der Waals surface area contributed by atoms with Gasteiger partial charge in [0.05, 0.1) is 6.61 Å². The number of benzene rings is 1. The third-order valence-corrected chi connectivity index (χ3v) is 5.22. The van der Waals surface area contributed by atoms with Crippen LogP contribution in [0.2, 0.25) is 0 Å². The van der Waals surface area contributed by atoms with E-state index in [0.29, 0.717) is 5.75 Å². The second kappa shape index (κ2) is 14.9. The molecule has 1 rings (SSSR count). The van der Waals surface area contributed by atoms with E-state index in [2.05, 4.69) is 19.9 Å². The summed E-state index contributed by atoms with van der Waals surface area (Å²) in [6.45, 7) is 7.21. The van der Waals surface area contributed by atoms with Crippen LogP contribution in [0.5, 0.6) is 11.5 Å². The zero-order chi connectivity index (χ0) is 19.0. The molecule has 0 aromatic heterocycles. The van der Waals surface area contributed by atoms with Crippen LogP contribution < -0.4 is 4.74 Å². The summed E-state index contributed by atoms with van der Waals surface area (Å²) in [6, 6.07) is 4.06. The van der Waals surface area contributed by atoms with E-state index in [0.717, 1.165) is 30.8 Å². The lowest BCUT2D eigenvalue weighted by atomic mass is 10.0. The number of rotatable bonds is 16. The standard InChI is InChI=1S/C24H42O2/c1-4-6-8-10-12-13-15-17-22-19-23(25)21(3)24(20-22)26-18-16-14-11-9-7-5-2/h19-20,25H,4-18H2,1-3H3. The first-order chi connectivity index (χ1) is 12.7. The van der Waals surface area contributed by atoms with Gasteiger partial charge in [-0.25, -0.2) is 0 Å². The van der Waals surface area contributed by atoms with Gasteiger partial charge < -0.3 is 9.84 Å². The molecule has 0 radical (unpaired) electrons. The molecule has 0 fully saturated rings. The fraction of sp³-hybridized carbons (Fsp3) is 0.750. The van der Waals surface area contributed by atoms with Crippen molar-refractivity contribution in [2.24, 2.45) is 0 Å². The molecule has 0 atom stereocenters. The highest BCUT2D eigenvalue weighted by Crippen LogP contribution is 2.30. The molecule has 1 aromatic carbocycles. The number of phenolic OH excluding ortho intramolecular Hbond substituents is 1. The third-order valence-electron chi connectivity index (χ3n) is 5.22. The summed E-state index contributed by atoms with van der Waals surface area (Å²) in [5.74, 6) is 1.25. The SMILES string of the molecule is CCCCCCCCCc1cc(O)c(C)c(OCCCCCCCC)c1. The van der Waals surface area contributed by atoms with E-state index in [1.807, 2.05) is 13.0 Å². The van der Waals surface area contributed by atoms with Gasteiger partial charge in [-0.15, -0.1) is 0 Å². The Hall–Kier alpha value is -1.18. The first-order valence-electron chi connectivity index (χ1n) is 11.1. The van der Waals surface area contributed by atoms with Crippen LogP contribution >= 0.6 is 0 Å². The summed E-state index contributed by atoms with van der Waals surface area (Å²) >= 11 is 0. The van der Waals surface area contributed by atoms with Gasteiger partial charge in [-0.2, -0.15) is 0 Å². The van der Waals surface area contributed by atoms with Crippen molar-refractivity contribution in [3.8, 4) is 11.5 Å². The molecule has 1 N–H and O–H groups in total. The molecule has 1 aromatic rings. The highest BCUT2D eigenvalue weighted by Gasteiger charge is 2.08. The average Bonchev–Trinajstić information content (AvgIpc) is 2.63. The maximum absolute atomic E-state index is 10.2. The fourth-order valence-corrected chi connectivity index (χ4v) is 3.37. The van der Waals surface area contributed by atoms with Gasteiger partial charge in [0.2, 0.25) is 0 Å². The number of aromatic hydroxyl groups is 1. The highest BCUT2D eigenvalue weighted by molar-refractivity contribution is 5.46. The van der Waals surface area contributed by atoms with Crippen LogP contribution in [0, 0.1) is 6.92 Å². The lowest BCUT2D eigenvalue weighted by Gasteiger charge is -2.13. The summed E-state index contributed by atoms with van der Waals surface area (Å²) < 4.78 is 5.98. The largest absolute Gasteiger partial charge is 0.508 e. The van der Waals surface area contributed by atoms with E-state index in [1.54, 1.807) is 0 Å². The van der Waals surface area contributed by atoms with Crippen LogP contribution in [0.15, 0.2) is 12.1 Å². The van der Waals surface area contributed by atoms with Crippen molar-refractivity contribution in [1.82, 2.24) is 0 Å². The predicted octanol–water partition coefficient (Wildman–Crippen LogP) is 7.73.